The Balaban J connectivity index is 1.62. The van der Waals surface area contributed by atoms with Gasteiger partial charge in [-0.25, -0.2) is 5.10 Å². The molecule has 0 saturated carbocycles. The molecule has 0 fully saturated rings. The molecule has 0 spiro atoms. The average molecular weight is 391 g/mol. The average Bonchev–Trinajstić information content (AvgIpc) is 3.08. The first kappa shape index (κ1) is 17.4. The lowest BCUT2D eigenvalue weighted by atomic mass is 10.0. The Hall–Kier alpha value is -3.02. The maximum Gasteiger partial charge on any atom is 0.216 e. The highest BCUT2D eigenvalue weighted by atomic mass is 35.5. The number of hydrogen-bond donors (Lipinski definition) is 1. The van der Waals surface area contributed by atoms with E-state index in [4.69, 9.17) is 23.8 Å². The standard InChI is InChI=1S/C21H15ClN4S/c22-19-8-4-7-18(13-19)20-24-25-21(27)26(20)23-14-15-9-11-17(12-10-15)16-5-2-1-3-6-16/h1-14H,(H,25,27). The molecule has 0 radical (unpaired) electrons. The molecule has 6 heteroatoms. The third kappa shape index (κ3) is 3.89. The summed E-state index contributed by atoms with van der Waals surface area (Å²) in [6.45, 7) is 0. The van der Waals surface area contributed by atoms with Gasteiger partial charge in [-0.3, -0.25) is 0 Å². The minimum Gasteiger partial charge on any atom is -0.250 e. The van der Waals surface area contributed by atoms with Crippen molar-refractivity contribution in [3.63, 3.8) is 0 Å². The summed E-state index contributed by atoms with van der Waals surface area (Å²) in [4.78, 5) is 0. The Bertz CT molecular complexity index is 1140. The Labute approximate surface area is 166 Å². The fourth-order valence-electron chi connectivity index (χ4n) is 2.73. The van der Waals surface area contributed by atoms with Gasteiger partial charge >= 0.3 is 0 Å². The van der Waals surface area contributed by atoms with Crippen LogP contribution in [0.15, 0.2) is 84.0 Å². The molecule has 4 aromatic rings. The maximum absolute atomic E-state index is 6.08. The van der Waals surface area contributed by atoms with Crippen LogP contribution in [-0.2, 0) is 0 Å². The van der Waals surface area contributed by atoms with Crippen LogP contribution in [0.3, 0.4) is 0 Å². The second-order valence-electron chi connectivity index (χ2n) is 5.91. The molecule has 1 N–H and O–H groups in total. The van der Waals surface area contributed by atoms with Crippen LogP contribution < -0.4 is 0 Å². The van der Waals surface area contributed by atoms with Gasteiger partial charge < -0.3 is 0 Å². The van der Waals surface area contributed by atoms with Gasteiger partial charge in [-0.1, -0.05) is 78.3 Å². The molecule has 0 aliphatic carbocycles. The highest BCUT2D eigenvalue weighted by molar-refractivity contribution is 7.71. The molecule has 0 bridgehead atoms. The van der Waals surface area contributed by atoms with E-state index in [1.54, 1.807) is 10.9 Å². The van der Waals surface area contributed by atoms with Crippen molar-refractivity contribution in [2.75, 3.05) is 0 Å². The van der Waals surface area contributed by atoms with Crippen LogP contribution >= 0.6 is 23.8 Å². The Kier molecular flexibility index (Phi) is 4.96. The van der Waals surface area contributed by atoms with Gasteiger partial charge in [-0.2, -0.15) is 14.9 Å². The lowest BCUT2D eigenvalue weighted by Crippen LogP contribution is -1.95. The molecule has 1 aromatic heterocycles. The summed E-state index contributed by atoms with van der Waals surface area (Å²) in [6.07, 6.45) is 1.76. The smallest absolute Gasteiger partial charge is 0.216 e. The van der Waals surface area contributed by atoms with Crippen LogP contribution in [0.4, 0.5) is 0 Å². The zero-order valence-corrected chi connectivity index (χ0v) is 15.8. The fourth-order valence-corrected chi connectivity index (χ4v) is 3.10. The van der Waals surface area contributed by atoms with Crippen molar-refractivity contribution in [1.82, 2.24) is 14.9 Å². The molecule has 0 aliphatic rings. The molecule has 0 amide bonds. The van der Waals surface area contributed by atoms with Gasteiger partial charge in [0, 0.05) is 10.6 Å². The summed E-state index contributed by atoms with van der Waals surface area (Å²) in [6, 6.07) is 25.9. The molecule has 0 aliphatic heterocycles. The van der Waals surface area contributed by atoms with Crippen LogP contribution in [-0.4, -0.2) is 21.1 Å². The highest BCUT2D eigenvalue weighted by Crippen LogP contribution is 2.21. The largest absolute Gasteiger partial charge is 0.250 e. The quantitative estimate of drug-likeness (QED) is 0.353. The van der Waals surface area contributed by atoms with E-state index in [1.165, 1.54) is 5.56 Å². The molecule has 1 heterocycles. The van der Waals surface area contributed by atoms with Crippen molar-refractivity contribution in [2.24, 2.45) is 5.10 Å². The zero-order valence-electron chi connectivity index (χ0n) is 14.2. The number of benzene rings is 3. The Morgan fingerprint density at radius 2 is 1.59 bits per heavy atom. The summed E-state index contributed by atoms with van der Waals surface area (Å²) in [5.74, 6) is 0.611. The van der Waals surface area contributed by atoms with Crippen molar-refractivity contribution >= 4 is 30.0 Å². The molecular formula is C21H15ClN4S. The van der Waals surface area contributed by atoms with Crippen molar-refractivity contribution in [2.45, 2.75) is 0 Å². The lowest BCUT2D eigenvalue weighted by Gasteiger charge is -2.03. The molecule has 0 atom stereocenters. The summed E-state index contributed by atoms with van der Waals surface area (Å²) in [5.41, 5.74) is 4.15. The van der Waals surface area contributed by atoms with E-state index in [9.17, 15) is 0 Å². The predicted octanol–water partition coefficient (Wildman–Crippen LogP) is 5.81. The number of halogens is 1. The van der Waals surface area contributed by atoms with Gasteiger partial charge in [0.15, 0.2) is 5.82 Å². The molecule has 0 saturated heterocycles. The molecule has 132 valence electrons. The van der Waals surface area contributed by atoms with E-state index < -0.39 is 0 Å². The number of aromatic nitrogens is 3. The fraction of sp³-hybridized carbons (Fsp3) is 0. The molecule has 0 unspecified atom stereocenters. The van der Waals surface area contributed by atoms with E-state index in [1.807, 2.05) is 54.6 Å². The molecule has 3 aromatic carbocycles. The van der Waals surface area contributed by atoms with E-state index in [-0.39, 0.29) is 0 Å². The van der Waals surface area contributed by atoms with Crippen molar-refractivity contribution < 1.29 is 0 Å². The van der Waals surface area contributed by atoms with Gasteiger partial charge in [-0.05, 0) is 41.0 Å². The number of hydrogen-bond acceptors (Lipinski definition) is 3. The second-order valence-corrected chi connectivity index (χ2v) is 6.73. The maximum atomic E-state index is 6.08. The molecule has 4 rings (SSSR count). The Morgan fingerprint density at radius 1 is 0.889 bits per heavy atom. The van der Waals surface area contributed by atoms with E-state index in [2.05, 4.69) is 39.6 Å². The first-order valence-corrected chi connectivity index (χ1v) is 9.12. The summed E-state index contributed by atoms with van der Waals surface area (Å²) < 4.78 is 2.01. The van der Waals surface area contributed by atoms with Crippen LogP contribution in [0, 0.1) is 4.77 Å². The number of nitrogens with one attached hydrogen (secondary N) is 1. The van der Waals surface area contributed by atoms with Gasteiger partial charge in [0.05, 0.1) is 6.21 Å². The van der Waals surface area contributed by atoms with Crippen LogP contribution in [0.25, 0.3) is 22.5 Å². The van der Waals surface area contributed by atoms with Crippen LogP contribution in [0.1, 0.15) is 5.56 Å². The highest BCUT2D eigenvalue weighted by Gasteiger charge is 2.08. The van der Waals surface area contributed by atoms with Crippen LogP contribution in [0.5, 0.6) is 0 Å². The SMILES string of the molecule is S=c1[nH]nc(-c2cccc(Cl)c2)n1N=Cc1ccc(-c2ccccc2)cc1. The van der Waals surface area contributed by atoms with E-state index in [0.717, 1.165) is 16.7 Å². The van der Waals surface area contributed by atoms with Gasteiger partial charge in [0.25, 0.3) is 0 Å². The lowest BCUT2D eigenvalue weighted by molar-refractivity contribution is 0.871. The van der Waals surface area contributed by atoms with Crippen molar-refractivity contribution in [3.05, 3.63) is 94.2 Å². The number of aromatic amines is 1. The minimum absolute atomic E-state index is 0.419. The number of nitrogens with zero attached hydrogens (tertiary/aromatic N) is 3. The first-order valence-electron chi connectivity index (χ1n) is 8.34. The van der Waals surface area contributed by atoms with E-state index in [0.29, 0.717) is 15.6 Å². The predicted molar refractivity (Wildman–Crippen MR) is 113 cm³/mol. The van der Waals surface area contributed by atoms with E-state index >= 15 is 0 Å². The Morgan fingerprint density at radius 3 is 2.33 bits per heavy atom. The topological polar surface area (TPSA) is 46.0 Å². The van der Waals surface area contributed by atoms with Gasteiger partial charge in [0.2, 0.25) is 4.77 Å². The van der Waals surface area contributed by atoms with Gasteiger partial charge in [0.1, 0.15) is 0 Å². The minimum atomic E-state index is 0.419. The number of H-pyrrole nitrogens is 1. The first-order chi connectivity index (χ1) is 13.2. The summed E-state index contributed by atoms with van der Waals surface area (Å²) in [5, 5.41) is 12.2. The second kappa shape index (κ2) is 7.70. The monoisotopic (exact) mass is 390 g/mol. The summed E-state index contributed by atoms with van der Waals surface area (Å²) >= 11 is 11.4. The zero-order chi connectivity index (χ0) is 18.6. The normalized spacial score (nSPS) is 11.1. The third-order valence-corrected chi connectivity index (χ3v) is 4.57. The van der Waals surface area contributed by atoms with Crippen molar-refractivity contribution in [1.29, 1.82) is 0 Å². The summed E-state index contributed by atoms with van der Waals surface area (Å²) in [7, 11) is 0. The third-order valence-electron chi connectivity index (χ3n) is 4.07. The van der Waals surface area contributed by atoms with Crippen LogP contribution in [0.2, 0.25) is 5.02 Å². The van der Waals surface area contributed by atoms with Crippen molar-refractivity contribution in [3.8, 4) is 22.5 Å². The number of rotatable bonds is 4. The molecular weight excluding hydrogens is 376 g/mol. The molecule has 4 nitrogen and oxygen atoms in total. The van der Waals surface area contributed by atoms with Gasteiger partial charge in [-0.15, -0.1) is 0 Å². The molecule has 27 heavy (non-hydrogen) atoms.